The number of fused-ring (bicyclic) bond motifs is 1. The molecule has 1 unspecified atom stereocenters. The average Bonchev–Trinajstić information content (AvgIpc) is 3.06. The minimum Gasteiger partial charge on any atom is -0.326 e. The predicted octanol–water partition coefficient (Wildman–Crippen LogP) is 2.21. The second-order valence-corrected chi connectivity index (χ2v) is 6.00. The lowest BCUT2D eigenvalue weighted by molar-refractivity contribution is 0.201. The molecule has 4 nitrogen and oxygen atoms in total. The van der Waals surface area contributed by atoms with Crippen molar-refractivity contribution in [2.45, 2.75) is 51.7 Å². The highest BCUT2D eigenvalue weighted by molar-refractivity contribution is 5.54. The van der Waals surface area contributed by atoms with Crippen LogP contribution < -0.4 is 5.73 Å². The third-order valence-electron chi connectivity index (χ3n) is 4.46. The summed E-state index contributed by atoms with van der Waals surface area (Å²) < 4.78 is 2.21. The van der Waals surface area contributed by atoms with Gasteiger partial charge < -0.3 is 10.1 Å². The molecule has 0 amide bonds. The van der Waals surface area contributed by atoms with Gasteiger partial charge in [0.25, 0.3) is 0 Å². The Balaban J connectivity index is 1.88. The van der Waals surface area contributed by atoms with E-state index in [1.54, 1.807) is 0 Å². The molecule has 2 aromatic heterocycles. The molecule has 0 aliphatic carbocycles. The van der Waals surface area contributed by atoms with Crippen LogP contribution in [0.1, 0.15) is 38.1 Å². The maximum atomic E-state index is 5.80. The summed E-state index contributed by atoms with van der Waals surface area (Å²) >= 11 is 0. The summed E-state index contributed by atoms with van der Waals surface area (Å²) in [5.74, 6) is 1.16. The van der Waals surface area contributed by atoms with Crippen molar-refractivity contribution in [3.8, 4) is 0 Å². The lowest BCUT2D eigenvalue weighted by atomic mass is 10.1. The van der Waals surface area contributed by atoms with Crippen molar-refractivity contribution < 1.29 is 0 Å². The highest BCUT2D eigenvalue weighted by Crippen LogP contribution is 2.23. The summed E-state index contributed by atoms with van der Waals surface area (Å²) in [6.45, 7) is 6.36. The molecule has 3 heterocycles. The molecule has 1 atom stereocenters. The van der Waals surface area contributed by atoms with Crippen molar-refractivity contribution in [3.63, 3.8) is 0 Å². The average molecular weight is 272 g/mol. The molecule has 3 rings (SSSR count). The number of rotatable bonds is 4. The van der Waals surface area contributed by atoms with Gasteiger partial charge in [-0.05, 0) is 44.9 Å². The smallest absolute Gasteiger partial charge is 0.114 e. The van der Waals surface area contributed by atoms with Gasteiger partial charge in [-0.3, -0.25) is 4.90 Å². The van der Waals surface area contributed by atoms with Gasteiger partial charge >= 0.3 is 0 Å². The van der Waals surface area contributed by atoms with Crippen molar-refractivity contribution in [1.82, 2.24) is 14.3 Å². The largest absolute Gasteiger partial charge is 0.326 e. The Bertz CT molecular complexity index is 587. The summed E-state index contributed by atoms with van der Waals surface area (Å²) in [7, 11) is 0. The quantitative estimate of drug-likeness (QED) is 0.928. The van der Waals surface area contributed by atoms with E-state index in [2.05, 4.69) is 46.5 Å². The fraction of sp³-hybridized carbons (Fsp3) is 0.562. The molecular weight excluding hydrogens is 248 g/mol. The second-order valence-electron chi connectivity index (χ2n) is 6.00. The molecule has 0 bridgehead atoms. The minimum atomic E-state index is 0.566. The summed E-state index contributed by atoms with van der Waals surface area (Å²) in [6, 6.07) is 5.39. The zero-order valence-electron chi connectivity index (χ0n) is 12.4. The first-order chi connectivity index (χ1) is 9.70. The molecular formula is C16H24N4. The number of nitrogens with zero attached hydrogens (tertiary/aromatic N) is 3. The van der Waals surface area contributed by atoms with Gasteiger partial charge in [0.05, 0.1) is 11.7 Å². The number of hydrogen-bond donors (Lipinski definition) is 1. The Hall–Kier alpha value is -1.39. The normalized spacial score (nSPS) is 20.3. The topological polar surface area (TPSA) is 46.6 Å². The zero-order chi connectivity index (χ0) is 14.1. The number of hydrogen-bond acceptors (Lipinski definition) is 3. The Morgan fingerprint density at radius 3 is 3.05 bits per heavy atom. The predicted molar refractivity (Wildman–Crippen MR) is 81.7 cm³/mol. The van der Waals surface area contributed by atoms with Gasteiger partial charge in [0.15, 0.2) is 0 Å². The first-order valence-corrected chi connectivity index (χ1v) is 7.60. The van der Waals surface area contributed by atoms with E-state index in [1.165, 1.54) is 24.9 Å². The van der Waals surface area contributed by atoms with Crippen LogP contribution in [0.4, 0.5) is 0 Å². The summed E-state index contributed by atoms with van der Waals surface area (Å²) in [5.41, 5.74) is 8.12. The highest BCUT2D eigenvalue weighted by Gasteiger charge is 2.27. The molecule has 1 fully saturated rings. The summed E-state index contributed by atoms with van der Waals surface area (Å²) in [6.07, 6.45) is 7.68. The SMILES string of the molecule is CC(C)N1CCCC1Cc1ncc2c(CN)cccn12. The van der Waals surface area contributed by atoms with Crippen molar-refractivity contribution in [3.05, 3.63) is 35.9 Å². The lowest BCUT2D eigenvalue weighted by Gasteiger charge is -2.27. The van der Waals surface area contributed by atoms with Gasteiger partial charge in [0.1, 0.15) is 5.82 Å². The molecule has 1 aliphatic rings. The first kappa shape index (κ1) is 13.6. The Labute approximate surface area is 120 Å². The Kier molecular flexibility index (Phi) is 3.76. The van der Waals surface area contributed by atoms with Crippen LogP contribution in [-0.2, 0) is 13.0 Å². The van der Waals surface area contributed by atoms with Gasteiger partial charge in [0, 0.05) is 31.2 Å². The molecule has 0 aromatic carbocycles. The van der Waals surface area contributed by atoms with Crippen molar-refractivity contribution in [1.29, 1.82) is 0 Å². The van der Waals surface area contributed by atoms with Crippen molar-refractivity contribution >= 4 is 5.52 Å². The molecule has 108 valence electrons. The maximum absolute atomic E-state index is 5.80. The van der Waals surface area contributed by atoms with E-state index in [-0.39, 0.29) is 0 Å². The van der Waals surface area contributed by atoms with Gasteiger partial charge in [-0.1, -0.05) is 6.07 Å². The van der Waals surface area contributed by atoms with E-state index in [9.17, 15) is 0 Å². The van der Waals surface area contributed by atoms with Gasteiger partial charge in [-0.25, -0.2) is 4.98 Å². The van der Waals surface area contributed by atoms with E-state index in [4.69, 9.17) is 5.73 Å². The van der Waals surface area contributed by atoms with Crippen molar-refractivity contribution in [2.75, 3.05) is 6.54 Å². The van der Waals surface area contributed by atoms with Gasteiger partial charge in [-0.15, -0.1) is 0 Å². The number of imidazole rings is 1. The molecule has 1 saturated heterocycles. The van der Waals surface area contributed by atoms with E-state index < -0.39 is 0 Å². The molecule has 2 aromatic rings. The van der Waals surface area contributed by atoms with Crippen LogP contribution in [0.25, 0.3) is 5.52 Å². The standard InChI is InChI=1S/C16H24N4/c1-12(2)19-7-4-6-14(19)9-16-18-11-15-13(10-17)5-3-8-20(15)16/h3,5,8,11-12,14H,4,6-7,9-10,17H2,1-2H3. The van der Waals surface area contributed by atoms with Crippen LogP contribution in [0.3, 0.4) is 0 Å². The Morgan fingerprint density at radius 1 is 1.45 bits per heavy atom. The van der Waals surface area contributed by atoms with Crippen LogP contribution in [0.5, 0.6) is 0 Å². The van der Waals surface area contributed by atoms with Gasteiger partial charge in [-0.2, -0.15) is 0 Å². The number of aromatic nitrogens is 2. The maximum Gasteiger partial charge on any atom is 0.114 e. The number of likely N-dealkylation sites (tertiary alicyclic amines) is 1. The van der Waals surface area contributed by atoms with Crippen LogP contribution in [0.2, 0.25) is 0 Å². The van der Waals surface area contributed by atoms with Crippen molar-refractivity contribution in [2.24, 2.45) is 5.73 Å². The summed E-state index contributed by atoms with van der Waals surface area (Å²) in [4.78, 5) is 7.25. The molecule has 20 heavy (non-hydrogen) atoms. The van der Waals surface area contributed by atoms with Crippen LogP contribution in [0.15, 0.2) is 24.5 Å². The molecule has 0 radical (unpaired) electrons. The van der Waals surface area contributed by atoms with Crippen LogP contribution >= 0.6 is 0 Å². The van der Waals surface area contributed by atoms with Crippen LogP contribution in [-0.4, -0.2) is 32.9 Å². The molecule has 2 N–H and O–H groups in total. The fourth-order valence-corrected chi connectivity index (χ4v) is 3.43. The third kappa shape index (κ3) is 2.34. The molecule has 0 spiro atoms. The highest BCUT2D eigenvalue weighted by atomic mass is 15.2. The molecule has 1 aliphatic heterocycles. The molecule has 0 saturated carbocycles. The Morgan fingerprint density at radius 2 is 2.30 bits per heavy atom. The van der Waals surface area contributed by atoms with E-state index >= 15 is 0 Å². The van der Waals surface area contributed by atoms with E-state index in [0.717, 1.165) is 17.8 Å². The number of nitrogens with two attached hydrogens (primary N) is 1. The second kappa shape index (κ2) is 5.54. The zero-order valence-corrected chi connectivity index (χ0v) is 12.4. The minimum absolute atomic E-state index is 0.566. The summed E-state index contributed by atoms with van der Waals surface area (Å²) in [5, 5.41) is 0. The lowest BCUT2D eigenvalue weighted by Crippen LogP contribution is -2.37. The number of pyridine rings is 1. The first-order valence-electron chi connectivity index (χ1n) is 7.60. The third-order valence-corrected chi connectivity index (χ3v) is 4.46. The van der Waals surface area contributed by atoms with E-state index in [0.29, 0.717) is 18.6 Å². The molecule has 4 heteroatoms. The fourth-order valence-electron chi connectivity index (χ4n) is 3.43. The monoisotopic (exact) mass is 272 g/mol. The van der Waals surface area contributed by atoms with Gasteiger partial charge in [0.2, 0.25) is 0 Å². The van der Waals surface area contributed by atoms with Crippen LogP contribution in [0, 0.1) is 0 Å². The van der Waals surface area contributed by atoms with E-state index in [1.807, 2.05) is 6.20 Å².